The Bertz CT molecular complexity index is 535. The fraction of sp³-hybridized carbons (Fsp3) is 0.562. The molecule has 0 radical (unpaired) electrons. The zero-order valence-corrected chi connectivity index (χ0v) is 13.9. The number of ether oxygens (including phenoxy) is 1. The highest BCUT2D eigenvalue weighted by molar-refractivity contribution is 9.10. The molecule has 2 fully saturated rings. The van der Waals surface area contributed by atoms with Crippen molar-refractivity contribution in [2.75, 3.05) is 39.8 Å². The van der Waals surface area contributed by atoms with Crippen LogP contribution in [0.2, 0.25) is 0 Å². The average molecular weight is 353 g/mol. The minimum absolute atomic E-state index is 0.185. The Labute approximate surface area is 134 Å². The van der Waals surface area contributed by atoms with E-state index in [0.717, 1.165) is 35.4 Å². The molecule has 1 aromatic carbocycles. The Kier molecular flexibility index (Phi) is 4.62. The van der Waals surface area contributed by atoms with Gasteiger partial charge < -0.3 is 4.74 Å². The summed E-state index contributed by atoms with van der Waals surface area (Å²) < 4.78 is 6.03. The fourth-order valence-corrected chi connectivity index (χ4v) is 3.87. The summed E-state index contributed by atoms with van der Waals surface area (Å²) in [5.41, 5.74) is 0.747. The van der Waals surface area contributed by atoms with E-state index in [4.69, 9.17) is 4.74 Å². The number of halogens is 1. The molecule has 114 valence electrons. The number of piperazine rings is 1. The van der Waals surface area contributed by atoms with Gasteiger partial charge in [-0.2, -0.15) is 0 Å². The van der Waals surface area contributed by atoms with Gasteiger partial charge in [-0.15, -0.1) is 0 Å². The van der Waals surface area contributed by atoms with Gasteiger partial charge in [-0.05, 0) is 53.5 Å². The lowest BCUT2D eigenvalue weighted by Gasteiger charge is -2.37. The van der Waals surface area contributed by atoms with Gasteiger partial charge >= 0.3 is 0 Å². The minimum Gasteiger partial charge on any atom is -0.496 e. The van der Waals surface area contributed by atoms with Crippen LogP contribution in [0.3, 0.4) is 0 Å². The van der Waals surface area contributed by atoms with Crippen LogP contribution in [0.5, 0.6) is 5.75 Å². The molecule has 1 aromatic rings. The first-order valence-electron chi connectivity index (χ1n) is 7.50. The number of carbonyl (C=O) groups is 1. The number of hydrogen-bond acceptors (Lipinski definition) is 4. The summed E-state index contributed by atoms with van der Waals surface area (Å²) >= 11 is 3.44. The van der Waals surface area contributed by atoms with Gasteiger partial charge in [0.25, 0.3) is 0 Å². The molecule has 21 heavy (non-hydrogen) atoms. The summed E-state index contributed by atoms with van der Waals surface area (Å²) in [7, 11) is 1.63. The second-order valence-electron chi connectivity index (χ2n) is 5.84. The fourth-order valence-electron chi connectivity index (χ4n) is 3.33. The highest BCUT2D eigenvalue weighted by Crippen LogP contribution is 2.26. The lowest BCUT2D eigenvalue weighted by atomic mass is 10.1. The maximum absolute atomic E-state index is 12.4. The monoisotopic (exact) mass is 352 g/mol. The molecule has 4 nitrogen and oxygen atoms in total. The molecule has 0 saturated carbocycles. The Morgan fingerprint density at radius 3 is 3.00 bits per heavy atom. The molecule has 0 spiro atoms. The molecule has 5 heteroatoms. The molecule has 2 aliphatic heterocycles. The number of nitrogens with zero attached hydrogens (tertiary/aromatic N) is 2. The number of fused-ring (bicyclic) bond motifs is 1. The summed E-state index contributed by atoms with van der Waals surface area (Å²) in [6.45, 7) is 4.88. The number of methoxy groups -OCH3 is 1. The Hall–Kier alpha value is -0.910. The predicted molar refractivity (Wildman–Crippen MR) is 86.1 cm³/mol. The highest BCUT2D eigenvalue weighted by atomic mass is 79.9. The third-order valence-electron chi connectivity index (χ3n) is 4.51. The standard InChI is InChI=1S/C16H21BrN2O2/c1-21-16-5-4-12(9-14(16)17)15(20)11-18-7-8-19-6-2-3-13(19)10-18/h4-5,9,13H,2-3,6-8,10-11H2,1H3. The van der Waals surface area contributed by atoms with Gasteiger partial charge in [-0.1, -0.05) is 0 Å². The number of carbonyl (C=O) groups excluding carboxylic acids is 1. The first-order chi connectivity index (χ1) is 10.2. The summed E-state index contributed by atoms with van der Waals surface area (Å²) in [5, 5.41) is 0. The largest absolute Gasteiger partial charge is 0.496 e. The second kappa shape index (κ2) is 6.46. The van der Waals surface area contributed by atoms with Gasteiger partial charge in [0.05, 0.1) is 18.1 Å². The van der Waals surface area contributed by atoms with E-state index in [9.17, 15) is 4.79 Å². The van der Waals surface area contributed by atoms with Crippen LogP contribution >= 0.6 is 15.9 Å². The molecule has 0 bridgehead atoms. The van der Waals surface area contributed by atoms with Crippen LogP contribution in [-0.2, 0) is 0 Å². The van der Waals surface area contributed by atoms with E-state index in [0.29, 0.717) is 12.6 Å². The summed E-state index contributed by atoms with van der Waals surface area (Å²) in [6, 6.07) is 6.20. The Balaban J connectivity index is 1.62. The van der Waals surface area contributed by atoms with Gasteiger partial charge in [0.15, 0.2) is 5.78 Å². The number of hydrogen-bond donors (Lipinski definition) is 0. The molecule has 0 amide bonds. The van der Waals surface area contributed by atoms with Crippen LogP contribution < -0.4 is 4.74 Å². The van der Waals surface area contributed by atoms with Crippen molar-refractivity contribution in [2.24, 2.45) is 0 Å². The molecule has 1 unspecified atom stereocenters. The number of Topliss-reactive ketones (excluding diaryl/α,β-unsaturated/α-hetero) is 1. The predicted octanol–water partition coefficient (Wildman–Crippen LogP) is 2.42. The van der Waals surface area contributed by atoms with E-state index in [1.165, 1.54) is 19.4 Å². The second-order valence-corrected chi connectivity index (χ2v) is 6.69. The van der Waals surface area contributed by atoms with Gasteiger partial charge in [-0.3, -0.25) is 14.6 Å². The van der Waals surface area contributed by atoms with E-state index in [1.807, 2.05) is 18.2 Å². The van der Waals surface area contributed by atoms with Crippen LogP contribution in [-0.4, -0.2) is 61.5 Å². The van der Waals surface area contributed by atoms with Crippen LogP contribution in [0.25, 0.3) is 0 Å². The molecule has 2 saturated heterocycles. The lowest BCUT2D eigenvalue weighted by molar-refractivity contribution is 0.0784. The number of benzene rings is 1. The maximum Gasteiger partial charge on any atom is 0.176 e. The first kappa shape index (κ1) is 15.0. The van der Waals surface area contributed by atoms with Gasteiger partial charge in [-0.25, -0.2) is 0 Å². The zero-order chi connectivity index (χ0) is 14.8. The van der Waals surface area contributed by atoms with Crippen molar-refractivity contribution in [3.05, 3.63) is 28.2 Å². The van der Waals surface area contributed by atoms with E-state index in [2.05, 4.69) is 25.7 Å². The highest BCUT2D eigenvalue weighted by Gasteiger charge is 2.31. The maximum atomic E-state index is 12.4. The van der Waals surface area contributed by atoms with Crippen LogP contribution in [0.1, 0.15) is 23.2 Å². The van der Waals surface area contributed by atoms with E-state index >= 15 is 0 Å². The van der Waals surface area contributed by atoms with E-state index < -0.39 is 0 Å². The normalized spacial score (nSPS) is 23.0. The SMILES string of the molecule is COc1ccc(C(=O)CN2CCN3CCCC3C2)cc1Br. The molecule has 1 atom stereocenters. The number of ketones is 1. The van der Waals surface area contributed by atoms with Crippen molar-refractivity contribution in [2.45, 2.75) is 18.9 Å². The topological polar surface area (TPSA) is 32.8 Å². The molecule has 2 aliphatic rings. The average Bonchev–Trinajstić information content (AvgIpc) is 2.94. The third-order valence-corrected chi connectivity index (χ3v) is 5.13. The summed E-state index contributed by atoms with van der Waals surface area (Å²) in [5.74, 6) is 0.941. The van der Waals surface area contributed by atoms with Crippen LogP contribution in [0.4, 0.5) is 0 Å². The smallest absolute Gasteiger partial charge is 0.176 e. The zero-order valence-electron chi connectivity index (χ0n) is 12.3. The minimum atomic E-state index is 0.185. The Morgan fingerprint density at radius 1 is 1.38 bits per heavy atom. The number of rotatable bonds is 4. The molecular weight excluding hydrogens is 332 g/mol. The quantitative estimate of drug-likeness (QED) is 0.779. The molecule has 0 aromatic heterocycles. The van der Waals surface area contributed by atoms with Crippen molar-refractivity contribution in [1.82, 2.24) is 9.80 Å². The third kappa shape index (κ3) is 3.30. The van der Waals surface area contributed by atoms with Crippen molar-refractivity contribution in [3.8, 4) is 5.75 Å². The molecule has 3 rings (SSSR count). The van der Waals surface area contributed by atoms with Crippen molar-refractivity contribution in [3.63, 3.8) is 0 Å². The van der Waals surface area contributed by atoms with Gasteiger partial charge in [0, 0.05) is 31.2 Å². The van der Waals surface area contributed by atoms with Gasteiger partial charge in [0.1, 0.15) is 5.75 Å². The van der Waals surface area contributed by atoms with Crippen molar-refractivity contribution < 1.29 is 9.53 Å². The van der Waals surface area contributed by atoms with E-state index in [-0.39, 0.29) is 5.78 Å². The molecule has 0 aliphatic carbocycles. The van der Waals surface area contributed by atoms with Crippen molar-refractivity contribution >= 4 is 21.7 Å². The van der Waals surface area contributed by atoms with Crippen molar-refractivity contribution in [1.29, 1.82) is 0 Å². The Morgan fingerprint density at radius 2 is 2.24 bits per heavy atom. The van der Waals surface area contributed by atoms with Gasteiger partial charge in [0.2, 0.25) is 0 Å². The van der Waals surface area contributed by atoms with Crippen LogP contribution in [0, 0.1) is 0 Å². The molecule has 2 heterocycles. The summed E-state index contributed by atoms with van der Waals surface area (Å²) in [6.07, 6.45) is 2.58. The summed E-state index contributed by atoms with van der Waals surface area (Å²) in [4.78, 5) is 17.3. The first-order valence-corrected chi connectivity index (χ1v) is 8.30. The van der Waals surface area contributed by atoms with Crippen LogP contribution in [0.15, 0.2) is 22.7 Å². The molecular formula is C16H21BrN2O2. The lowest BCUT2D eigenvalue weighted by Crippen LogP contribution is -2.51. The van der Waals surface area contributed by atoms with E-state index in [1.54, 1.807) is 7.11 Å². The molecule has 0 N–H and O–H groups in total.